The molecule has 0 amide bonds. The van der Waals surface area contributed by atoms with Crippen molar-refractivity contribution in [2.75, 3.05) is 0 Å². The van der Waals surface area contributed by atoms with Crippen LogP contribution in [0.5, 0.6) is 5.75 Å². The van der Waals surface area contributed by atoms with Crippen LogP contribution in [0.2, 0.25) is 0 Å². The zero-order valence-electron chi connectivity index (χ0n) is 11.4. The standard InChI is InChI=1S/C16H15F3O2/c1-2-11-6-3-4-9-14(11)15(20)12-7-5-8-13(10-12)21-16(17,18)19/h3-10,15,20H,2H2,1H3. The number of rotatable bonds is 4. The molecule has 0 spiro atoms. The largest absolute Gasteiger partial charge is 0.573 e. The third-order valence-corrected chi connectivity index (χ3v) is 3.14. The van der Waals surface area contributed by atoms with Gasteiger partial charge in [-0.05, 0) is 35.2 Å². The minimum Gasteiger partial charge on any atom is -0.406 e. The Bertz CT molecular complexity index is 608. The molecule has 0 fully saturated rings. The number of halogens is 3. The summed E-state index contributed by atoms with van der Waals surface area (Å²) in [4.78, 5) is 0. The average molecular weight is 296 g/mol. The van der Waals surface area contributed by atoms with Gasteiger partial charge < -0.3 is 9.84 Å². The molecule has 2 aromatic rings. The second-order valence-corrected chi connectivity index (χ2v) is 4.58. The van der Waals surface area contributed by atoms with E-state index in [9.17, 15) is 18.3 Å². The summed E-state index contributed by atoms with van der Waals surface area (Å²) in [7, 11) is 0. The van der Waals surface area contributed by atoms with Gasteiger partial charge in [0.1, 0.15) is 11.9 Å². The van der Waals surface area contributed by atoms with E-state index in [4.69, 9.17) is 0 Å². The van der Waals surface area contributed by atoms with E-state index in [0.717, 1.165) is 12.0 Å². The van der Waals surface area contributed by atoms with Crippen molar-refractivity contribution in [1.29, 1.82) is 0 Å². The SMILES string of the molecule is CCc1ccccc1C(O)c1cccc(OC(F)(F)F)c1. The maximum absolute atomic E-state index is 12.2. The Kier molecular flexibility index (Phi) is 4.53. The lowest BCUT2D eigenvalue weighted by Gasteiger charge is -2.16. The Labute approximate surface area is 120 Å². The van der Waals surface area contributed by atoms with Gasteiger partial charge >= 0.3 is 6.36 Å². The van der Waals surface area contributed by atoms with Gasteiger partial charge in [-0.25, -0.2) is 0 Å². The van der Waals surface area contributed by atoms with Crippen molar-refractivity contribution in [3.63, 3.8) is 0 Å². The Morgan fingerprint density at radius 3 is 2.48 bits per heavy atom. The summed E-state index contributed by atoms with van der Waals surface area (Å²) in [6.07, 6.45) is -5.01. The lowest BCUT2D eigenvalue weighted by molar-refractivity contribution is -0.274. The first-order valence-corrected chi connectivity index (χ1v) is 6.52. The first kappa shape index (κ1) is 15.4. The zero-order chi connectivity index (χ0) is 15.5. The predicted octanol–water partition coefficient (Wildman–Crippen LogP) is 4.23. The number of hydrogen-bond acceptors (Lipinski definition) is 2. The molecular formula is C16H15F3O2. The van der Waals surface area contributed by atoms with Gasteiger partial charge in [-0.3, -0.25) is 0 Å². The third-order valence-electron chi connectivity index (χ3n) is 3.14. The van der Waals surface area contributed by atoms with E-state index >= 15 is 0 Å². The Morgan fingerprint density at radius 2 is 1.81 bits per heavy atom. The van der Waals surface area contributed by atoms with Gasteiger partial charge in [0, 0.05) is 0 Å². The highest BCUT2D eigenvalue weighted by Gasteiger charge is 2.31. The summed E-state index contributed by atoms with van der Waals surface area (Å²) in [6, 6.07) is 12.7. The van der Waals surface area contributed by atoms with E-state index in [0.29, 0.717) is 11.1 Å². The van der Waals surface area contributed by atoms with Crippen LogP contribution in [0.1, 0.15) is 29.7 Å². The molecule has 1 unspecified atom stereocenters. The van der Waals surface area contributed by atoms with Crippen LogP contribution >= 0.6 is 0 Å². The van der Waals surface area contributed by atoms with E-state index in [1.807, 2.05) is 19.1 Å². The number of aryl methyl sites for hydroxylation is 1. The fraction of sp³-hybridized carbons (Fsp3) is 0.250. The highest BCUT2D eigenvalue weighted by atomic mass is 19.4. The van der Waals surface area contributed by atoms with Crippen molar-refractivity contribution in [1.82, 2.24) is 0 Å². The second-order valence-electron chi connectivity index (χ2n) is 4.58. The number of benzene rings is 2. The number of aliphatic hydroxyl groups is 1. The first-order valence-electron chi connectivity index (χ1n) is 6.52. The van der Waals surface area contributed by atoms with Crippen LogP contribution in [0.15, 0.2) is 48.5 Å². The maximum atomic E-state index is 12.2. The van der Waals surface area contributed by atoms with E-state index in [1.165, 1.54) is 18.2 Å². The molecule has 2 aromatic carbocycles. The Hall–Kier alpha value is -2.01. The Morgan fingerprint density at radius 1 is 1.10 bits per heavy atom. The van der Waals surface area contributed by atoms with Crippen LogP contribution < -0.4 is 4.74 Å². The quantitative estimate of drug-likeness (QED) is 0.915. The third kappa shape index (κ3) is 3.98. The molecule has 0 saturated carbocycles. The monoisotopic (exact) mass is 296 g/mol. The van der Waals surface area contributed by atoms with Crippen molar-refractivity contribution in [3.05, 3.63) is 65.2 Å². The molecular weight excluding hydrogens is 281 g/mol. The second kappa shape index (κ2) is 6.18. The molecule has 0 heterocycles. The summed E-state index contributed by atoms with van der Waals surface area (Å²) >= 11 is 0. The molecule has 21 heavy (non-hydrogen) atoms. The van der Waals surface area contributed by atoms with Crippen LogP contribution in [0.4, 0.5) is 13.2 Å². The van der Waals surface area contributed by atoms with E-state index in [-0.39, 0.29) is 5.75 Å². The van der Waals surface area contributed by atoms with Crippen LogP contribution in [0.25, 0.3) is 0 Å². The van der Waals surface area contributed by atoms with Gasteiger partial charge in [-0.15, -0.1) is 13.2 Å². The molecule has 0 aliphatic rings. The minimum atomic E-state index is -4.75. The van der Waals surface area contributed by atoms with Crippen molar-refractivity contribution < 1.29 is 23.0 Å². The number of ether oxygens (including phenoxy) is 1. The molecule has 1 atom stereocenters. The van der Waals surface area contributed by atoms with Gasteiger partial charge in [0.2, 0.25) is 0 Å². The molecule has 5 heteroatoms. The Balaban J connectivity index is 2.31. The van der Waals surface area contributed by atoms with Crippen molar-refractivity contribution in [3.8, 4) is 5.75 Å². The molecule has 0 radical (unpaired) electrons. The summed E-state index contributed by atoms with van der Waals surface area (Å²) in [5.41, 5.74) is 1.99. The van der Waals surface area contributed by atoms with Gasteiger partial charge in [-0.1, -0.05) is 43.3 Å². The van der Waals surface area contributed by atoms with Crippen molar-refractivity contribution >= 4 is 0 Å². The average Bonchev–Trinajstić information content (AvgIpc) is 2.45. The molecule has 2 nitrogen and oxygen atoms in total. The predicted molar refractivity (Wildman–Crippen MR) is 73.0 cm³/mol. The van der Waals surface area contributed by atoms with E-state index < -0.39 is 12.5 Å². The number of aliphatic hydroxyl groups excluding tert-OH is 1. The fourth-order valence-corrected chi connectivity index (χ4v) is 2.18. The van der Waals surface area contributed by atoms with Crippen LogP contribution in [0.3, 0.4) is 0 Å². The number of hydrogen-bond donors (Lipinski definition) is 1. The summed E-state index contributed by atoms with van der Waals surface area (Å²) in [5.74, 6) is -0.340. The topological polar surface area (TPSA) is 29.5 Å². The van der Waals surface area contributed by atoms with Crippen LogP contribution in [-0.2, 0) is 6.42 Å². The van der Waals surface area contributed by atoms with Gasteiger partial charge in [-0.2, -0.15) is 0 Å². The first-order chi connectivity index (χ1) is 9.90. The number of alkyl halides is 3. The van der Waals surface area contributed by atoms with E-state index in [2.05, 4.69) is 4.74 Å². The van der Waals surface area contributed by atoms with Gasteiger partial charge in [0.05, 0.1) is 0 Å². The molecule has 0 aliphatic heterocycles. The smallest absolute Gasteiger partial charge is 0.406 e. The fourth-order valence-electron chi connectivity index (χ4n) is 2.18. The molecule has 112 valence electrons. The van der Waals surface area contributed by atoms with E-state index in [1.54, 1.807) is 18.2 Å². The summed E-state index contributed by atoms with van der Waals surface area (Å²) in [5, 5.41) is 10.4. The van der Waals surface area contributed by atoms with Crippen LogP contribution in [0, 0.1) is 0 Å². The highest BCUT2D eigenvalue weighted by molar-refractivity contribution is 5.38. The molecule has 0 aromatic heterocycles. The van der Waals surface area contributed by atoms with Crippen molar-refractivity contribution in [2.45, 2.75) is 25.8 Å². The molecule has 1 N–H and O–H groups in total. The molecule has 0 aliphatic carbocycles. The highest BCUT2D eigenvalue weighted by Crippen LogP contribution is 2.29. The minimum absolute atomic E-state index is 0.340. The summed E-state index contributed by atoms with van der Waals surface area (Å²) in [6.45, 7) is 1.95. The summed E-state index contributed by atoms with van der Waals surface area (Å²) < 4.78 is 40.6. The van der Waals surface area contributed by atoms with Crippen LogP contribution in [-0.4, -0.2) is 11.5 Å². The van der Waals surface area contributed by atoms with Gasteiger partial charge in [0.15, 0.2) is 0 Å². The molecule has 0 bridgehead atoms. The normalized spacial score (nSPS) is 13.0. The lowest BCUT2D eigenvalue weighted by atomic mass is 9.95. The van der Waals surface area contributed by atoms with Gasteiger partial charge in [0.25, 0.3) is 0 Å². The maximum Gasteiger partial charge on any atom is 0.573 e. The van der Waals surface area contributed by atoms with Crippen molar-refractivity contribution in [2.24, 2.45) is 0 Å². The molecule has 0 saturated heterocycles. The zero-order valence-corrected chi connectivity index (χ0v) is 11.4. The lowest BCUT2D eigenvalue weighted by Crippen LogP contribution is -2.17. The molecule has 2 rings (SSSR count).